The van der Waals surface area contributed by atoms with Crippen LogP contribution in [0, 0.1) is 0 Å². The highest BCUT2D eigenvalue weighted by atomic mass is 35.5. The van der Waals surface area contributed by atoms with E-state index < -0.39 is 0 Å². The number of ether oxygens (including phenoxy) is 1. The Balaban J connectivity index is 1.39. The van der Waals surface area contributed by atoms with Gasteiger partial charge in [0.1, 0.15) is 11.9 Å². The maximum Gasteiger partial charge on any atom is 0.255 e. The van der Waals surface area contributed by atoms with Crippen LogP contribution in [0.15, 0.2) is 91.5 Å². The van der Waals surface area contributed by atoms with E-state index in [0.29, 0.717) is 22.8 Å². The fourth-order valence-electron chi connectivity index (χ4n) is 3.41. The Labute approximate surface area is 202 Å². The van der Waals surface area contributed by atoms with Gasteiger partial charge in [0.2, 0.25) is 0 Å². The third-order valence-electron chi connectivity index (χ3n) is 5.16. The molecule has 1 N–H and O–H groups in total. The summed E-state index contributed by atoms with van der Waals surface area (Å²) in [5.41, 5.74) is 2.44. The second-order valence-electron chi connectivity index (χ2n) is 7.65. The largest absolute Gasteiger partial charge is 0.489 e. The lowest BCUT2D eigenvalue weighted by Gasteiger charge is -2.20. The summed E-state index contributed by atoms with van der Waals surface area (Å²) in [5.74, 6) is 0.544. The van der Waals surface area contributed by atoms with Crippen molar-refractivity contribution in [3.63, 3.8) is 0 Å². The number of aromatic nitrogens is 2. The van der Waals surface area contributed by atoms with Gasteiger partial charge in [-0.1, -0.05) is 35.3 Å². The monoisotopic (exact) mass is 479 g/mol. The normalized spacial score (nSPS) is 11.7. The highest BCUT2D eigenvalue weighted by molar-refractivity contribution is 6.30. The number of aryl methyl sites for hydroxylation is 1. The van der Waals surface area contributed by atoms with E-state index >= 15 is 0 Å². The molecule has 1 unspecified atom stereocenters. The van der Waals surface area contributed by atoms with Crippen LogP contribution in [0.3, 0.4) is 0 Å². The van der Waals surface area contributed by atoms with Crippen LogP contribution in [-0.4, -0.2) is 21.6 Å². The van der Waals surface area contributed by atoms with Gasteiger partial charge in [-0.05, 0) is 79.1 Å². The van der Waals surface area contributed by atoms with Crippen LogP contribution < -0.4 is 10.1 Å². The molecule has 3 aromatic carbocycles. The molecule has 0 saturated carbocycles. The summed E-state index contributed by atoms with van der Waals surface area (Å²) >= 11 is 11.9. The zero-order valence-electron chi connectivity index (χ0n) is 17.8. The van der Waals surface area contributed by atoms with Crippen molar-refractivity contribution < 1.29 is 9.53 Å². The fourth-order valence-corrected chi connectivity index (χ4v) is 3.66. The number of amides is 1. The minimum Gasteiger partial charge on any atom is -0.489 e. The summed E-state index contributed by atoms with van der Waals surface area (Å²) in [4.78, 5) is 16.5. The Morgan fingerprint density at radius 2 is 1.61 bits per heavy atom. The Kier molecular flexibility index (Phi) is 7.66. The van der Waals surface area contributed by atoms with E-state index in [2.05, 4.69) is 10.3 Å². The van der Waals surface area contributed by atoms with Crippen molar-refractivity contribution in [2.45, 2.75) is 25.5 Å². The molecule has 33 heavy (non-hydrogen) atoms. The number of carbonyl (C=O) groups excluding carboxylic acids is 1. The molecule has 1 amide bonds. The summed E-state index contributed by atoms with van der Waals surface area (Å²) in [6, 6.07) is 22.0. The van der Waals surface area contributed by atoms with Crippen LogP contribution in [0.5, 0.6) is 5.75 Å². The van der Waals surface area contributed by atoms with Gasteiger partial charge in [-0.25, -0.2) is 4.98 Å². The van der Waals surface area contributed by atoms with Crippen LogP contribution in [-0.2, 0) is 13.0 Å². The van der Waals surface area contributed by atoms with Gasteiger partial charge >= 0.3 is 0 Å². The molecule has 5 nitrogen and oxygen atoms in total. The van der Waals surface area contributed by atoms with E-state index in [1.807, 2.05) is 59.3 Å². The Hall–Kier alpha value is -3.28. The maximum atomic E-state index is 12.4. The third-order valence-corrected chi connectivity index (χ3v) is 5.67. The summed E-state index contributed by atoms with van der Waals surface area (Å²) in [7, 11) is 0. The highest BCUT2D eigenvalue weighted by Gasteiger charge is 2.13. The van der Waals surface area contributed by atoms with Gasteiger partial charge in [0.25, 0.3) is 5.91 Å². The number of nitrogens with one attached hydrogen (secondary N) is 1. The predicted octanol–water partition coefficient (Wildman–Crippen LogP) is 6.52. The average Bonchev–Trinajstić information content (AvgIpc) is 3.33. The minimum atomic E-state index is -0.193. The van der Waals surface area contributed by atoms with E-state index in [1.165, 1.54) is 5.56 Å². The molecule has 0 aliphatic heterocycles. The molecule has 0 aliphatic rings. The summed E-state index contributed by atoms with van der Waals surface area (Å²) in [6.07, 6.45) is 7.11. The van der Waals surface area contributed by atoms with Gasteiger partial charge < -0.3 is 14.6 Å². The number of nitrogens with zero attached hydrogens (tertiary/aromatic N) is 2. The van der Waals surface area contributed by atoms with E-state index in [0.717, 1.165) is 23.6 Å². The van der Waals surface area contributed by atoms with Crippen molar-refractivity contribution in [3.05, 3.63) is 113 Å². The number of benzene rings is 3. The van der Waals surface area contributed by atoms with Crippen LogP contribution in [0.2, 0.25) is 10.0 Å². The molecule has 168 valence electrons. The lowest BCUT2D eigenvalue weighted by atomic mass is 10.1. The van der Waals surface area contributed by atoms with Crippen molar-refractivity contribution in [1.82, 2.24) is 9.55 Å². The van der Waals surface area contributed by atoms with E-state index in [9.17, 15) is 4.79 Å². The predicted molar refractivity (Wildman–Crippen MR) is 132 cm³/mol. The first kappa shape index (κ1) is 22.9. The lowest BCUT2D eigenvalue weighted by molar-refractivity contribution is 0.102. The zero-order valence-corrected chi connectivity index (χ0v) is 19.3. The first-order chi connectivity index (χ1) is 16.0. The minimum absolute atomic E-state index is 0.0515. The molecule has 1 aromatic heterocycles. The van der Waals surface area contributed by atoms with Gasteiger partial charge in [-0.15, -0.1) is 0 Å². The van der Waals surface area contributed by atoms with Gasteiger partial charge in [0.05, 0.1) is 12.9 Å². The summed E-state index contributed by atoms with van der Waals surface area (Å²) in [5, 5.41) is 4.21. The van der Waals surface area contributed by atoms with E-state index in [1.54, 1.807) is 36.8 Å². The molecule has 1 heterocycles. The molecule has 0 saturated heterocycles. The highest BCUT2D eigenvalue weighted by Crippen LogP contribution is 2.21. The number of imidazole rings is 1. The maximum absolute atomic E-state index is 12.4. The number of anilines is 1. The number of hydrogen-bond acceptors (Lipinski definition) is 3. The van der Waals surface area contributed by atoms with Crippen molar-refractivity contribution in [2.24, 2.45) is 0 Å². The Morgan fingerprint density at radius 3 is 2.24 bits per heavy atom. The van der Waals surface area contributed by atoms with Gasteiger partial charge in [0, 0.05) is 33.7 Å². The molecule has 7 heteroatoms. The molecular weight excluding hydrogens is 457 g/mol. The van der Waals surface area contributed by atoms with Crippen molar-refractivity contribution in [2.75, 3.05) is 5.32 Å². The van der Waals surface area contributed by atoms with Gasteiger partial charge in [-0.3, -0.25) is 4.79 Å². The molecule has 4 rings (SSSR count). The average molecular weight is 480 g/mol. The second kappa shape index (κ2) is 11.0. The molecule has 0 bridgehead atoms. The summed E-state index contributed by atoms with van der Waals surface area (Å²) < 4.78 is 8.30. The smallest absolute Gasteiger partial charge is 0.255 e. The topological polar surface area (TPSA) is 56.1 Å². The third kappa shape index (κ3) is 6.85. The lowest BCUT2D eigenvalue weighted by Crippen LogP contribution is -2.23. The molecule has 0 fully saturated rings. The van der Waals surface area contributed by atoms with Crippen molar-refractivity contribution >= 4 is 34.8 Å². The number of halogens is 2. The first-order valence-electron chi connectivity index (χ1n) is 10.6. The molecule has 0 radical (unpaired) electrons. The quantitative estimate of drug-likeness (QED) is 0.297. The van der Waals surface area contributed by atoms with Crippen LogP contribution >= 0.6 is 23.2 Å². The molecule has 0 aliphatic carbocycles. The van der Waals surface area contributed by atoms with Crippen molar-refractivity contribution in [1.29, 1.82) is 0 Å². The van der Waals surface area contributed by atoms with Gasteiger partial charge in [0.15, 0.2) is 0 Å². The zero-order chi connectivity index (χ0) is 23.0. The van der Waals surface area contributed by atoms with Crippen molar-refractivity contribution in [3.8, 4) is 5.75 Å². The number of rotatable bonds is 9. The molecule has 4 aromatic rings. The van der Waals surface area contributed by atoms with Crippen LogP contribution in [0.1, 0.15) is 22.3 Å². The number of carbonyl (C=O) groups is 1. The SMILES string of the molecule is O=C(Nc1ccc(OC(CCc2ccc(Cl)cc2)Cn2ccnc2)cc1)c1ccc(Cl)cc1. The standard InChI is InChI=1S/C26H23Cl2N3O2/c27-21-6-1-19(2-7-21)3-12-25(17-31-16-15-29-18-31)33-24-13-10-23(11-14-24)30-26(32)20-4-8-22(28)9-5-20/h1-2,4-11,13-16,18,25H,3,12,17H2,(H,30,32). The molecule has 0 spiro atoms. The first-order valence-corrected chi connectivity index (χ1v) is 11.3. The van der Waals surface area contributed by atoms with Gasteiger partial charge in [-0.2, -0.15) is 0 Å². The Morgan fingerprint density at radius 1 is 0.939 bits per heavy atom. The Bertz CT molecular complexity index is 1160. The van der Waals surface area contributed by atoms with E-state index in [-0.39, 0.29) is 12.0 Å². The fraction of sp³-hybridized carbons (Fsp3) is 0.154. The van der Waals surface area contributed by atoms with Crippen LogP contribution in [0.4, 0.5) is 5.69 Å². The van der Waals surface area contributed by atoms with E-state index in [4.69, 9.17) is 27.9 Å². The van der Waals surface area contributed by atoms with Crippen LogP contribution in [0.25, 0.3) is 0 Å². The molecular formula is C26H23Cl2N3O2. The molecule has 1 atom stereocenters. The summed E-state index contributed by atoms with van der Waals surface area (Å²) in [6.45, 7) is 0.683. The number of hydrogen-bond donors (Lipinski definition) is 1. The second-order valence-corrected chi connectivity index (χ2v) is 8.52.